The molecule has 1 aromatic heterocycles. The second-order valence-corrected chi connectivity index (χ2v) is 7.25. The van der Waals surface area contributed by atoms with Crippen LogP contribution in [0.25, 0.3) is 0 Å². The van der Waals surface area contributed by atoms with E-state index in [1.807, 2.05) is 18.4 Å². The zero-order chi connectivity index (χ0) is 19.2. The van der Waals surface area contributed by atoms with E-state index in [0.29, 0.717) is 40.3 Å². The topological polar surface area (TPSA) is 43.4 Å². The predicted octanol–water partition coefficient (Wildman–Crippen LogP) is 6.18. The fourth-order valence-electron chi connectivity index (χ4n) is 2.37. The van der Waals surface area contributed by atoms with E-state index in [4.69, 9.17) is 32.7 Å². The zero-order valence-electron chi connectivity index (χ0n) is 14.5. The van der Waals surface area contributed by atoms with Crippen molar-refractivity contribution in [3.05, 3.63) is 68.9 Å². The molecule has 0 bridgehead atoms. The van der Waals surface area contributed by atoms with Crippen LogP contribution in [-0.2, 0) is 13.2 Å². The first-order valence-corrected chi connectivity index (χ1v) is 9.85. The van der Waals surface area contributed by atoms with Gasteiger partial charge in [0.25, 0.3) is 0 Å². The fraction of sp³-hybridized carbons (Fsp3) is 0.211. The molecule has 1 heterocycles. The average Bonchev–Trinajstić information content (AvgIpc) is 3.15. The fourth-order valence-corrected chi connectivity index (χ4v) is 3.34. The third kappa shape index (κ3) is 5.25. The van der Waals surface area contributed by atoms with Gasteiger partial charge in [0.05, 0.1) is 11.6 Å². The monoisotopic (exact) mass is 426 g/mol. The average molecular weight is 427 g/mol. The van der Waals surface area contributed by atoms with Crippen molar-refractivity contribution in [3.63, 3.8) is 0 Å². The van der Waals surface area contributed by atoms with Gasteiger partial charge < -0.3 is 14.8 Å². The second-order valence-electron chi connectivity index (χ2n) is 5.54. The zero-order valence-corrected chi connectivity index (χ0v) is 16.8. The first-order chi connectivity index (χ1) is 13.1. The first kappa shape index (κ1) is 19.7. The summed E-state index contributed by atoms with van der Waals surface area (Å²) in [6, 6.07) is 7.74. The van der Waals surface area contributed by atoms with Crippen molar-refractivity contribution in [2.24, 2.45) is 0 Å². The summed E-state index contributed by atoms with van der Waals surface area (Å²) in [5, 5.41) is 6.78. The van der Waals surface area contributed by atoms with E-state index >= 15 is 0 Å². The van der Waals surface area contributed by atoms with Gasteiger partial charge in [-0.3, -0.25) is 0 Å². The van der Waals surface area contributed by atoms with E-state index in [1.165, 1.54) is 23.5 Å². The van der Waals surface area contributed by atoms with Crippen LogP contribution in [0.15, 0.2) is 41.9 Å². The number of benzene rings is 2. The number of hydrogen-bond donors (Lipinski definition) is 1. The Hall–Kier alpha value is -2.02. The molecule has 0 atom stereocenters. The van der Waals surface area contributed by atoms with Gasteiger partial charge in [-0.25, -0.2) is 9.37 Å². The maximum atomic E-state index is 13.2. The molecule has 0 aliphatic heterocycles. The molecule has 0 spiro atoms. The normalized spacial score (nSPS) is 10.7. The molecule has 0 amide bonds. The van der Waals surface area contributed by atoms with Gasteiger partial charge in [0.2, 0.25) is 0 Å². The maximum Gasteiger partial charge on any atom is 0.182 e. The number of thiazole rings is 1. The highest BCUT2D eigenvalue weighted by atomic mass is 35.5. The standard InChI is InChI=1S/C19H17Cl2FN2O2S/c1-2-25-17-7-13(10-24-19-23-5-6-27-19)16(21)9-18(17)26-11-12-3-4-14(22)8-15(12)20/h3-9H,2,10-11H2,1H3,(H,23,24). The van der Waals surface area contributed by atoms with Gasteiger partial charge in [-0.2, -0.15) is 0 Å². The highest BCUT2D eigenvalue weighted by Crippen LogP contribution is 2.35. The molecule has 0 unspecified atom stereocenters. The van der Waals surface area contributed by atoms with Crippen molar-refractivity contribution in [3.8, 4) is 11.5 Å². The number of hydrogen-bond acceptors (Lipinski definition) is 5. The smallest absolute Gasteiger partial charge is 0.182 e. The molecule has 0 saturated heterocycles. The van der Waals surface area contributed by atoms with Crippen LogP contribution < -0.4 is 14.8 Å². The molecule has 3 aromatic rings. The molecular formula is C19H17Cl2FN2O2S. The molecule has 0 aliphatic rings. The first-order valence-electron chi connectivity index (χ1n) is 8.22. The molecule has 2 aromatic carbocycles. The van der Waals surface area contributed by atoms with E-state index < -0.39 is 0 Å². The SMILES string of the molecule is CCOc1cc(CNc2nccs2)c(Cl)cc1OCc1ccc(F)cc1Cl. The molecule has 0 aliphatic carbocycles. The number of aromatic nitrogens is 1. The molecule has 0 radical (unpaired) electrons. The molecule has 142 valence electrons. The Morgan fingerprint density at radius 2 is 1.85 bits per heavy atom. The summed E-state index contributed by atoms with van der Waals surface area (Å²) in [6.07, 6.45) is 1.73. The van der Waals surface area contributed by atoms with Crippen molar-refractivity contribution in [1.29, 1.82) is 0 Å². The third-order valence-electron chi connectivity index (χ3n) is 3.67. The number of ether oxygens (including phenoxy) is 2. The minimum absolute atomic E-state index is 0.173. The summed E-state index contributed by atoms with van der Waals surface area (Å²) < 4.78 is 24.7. The van der Waals surface area contributed by atoms with Gasteiger partial charge in [-0.1, -0.05) is 29.3 Å². The molecule has 27 heavy (non-hydrogen) atoms. The van der Waals surface area contributed by atoms with Gasteiger partial charge in [-0.05, 0) is 30.7 Å². The molecule has 3 rings (SSSR count). The van der Waals surface area contributed by atoms with Gasteiger partial charge in [-0.15, -0.1) is 11.3 Å². The van der Waals surface area contributed by atoms with Crippen LogP contribution in [0.5, 0.6) is 11.5 Å². The van der Waals surface area contributed by atoms with Gasteiger partial charge in [0, 0.05) is 34.8 Å². The lowest BCUT2D eigenvalue weighted by Gasteiger charge is -2.15. The summed E-state index contributed by atoms with van der Waals surface area (Å²) in [7, 11) is 0. The molecule has 4 nitrogen and oxygen atoms in total. The Morgan fingerprint density at radius 3 is 2.56 bits per heavy atom. The Kier molecular flexibility index (Phi) is 6.77. The summed E-state index contributed by atoms with van der Waals surface area (Å²) in [6.45, 7) is 3.06. The van der Waals surface area contributed by atoms with Crippen LogP contribution in [0.4, 0.5) is 9.52 Å². The number of anilines is 1. The quantitative estimate of drug-likeness (QED) is 0.466. The van der Waals surface area contributed by atoms with E-state index in [2.05, 4.69) is 10.3 Å². The van der Waals surface area contributed by atoms with Crippen LogP contribution in [0.3, 0.4) is 0 Å². The van der Waals surface area contributed by atoms with Crippen LogP contribution in [0.2, 0.25) is 10.0 Å². The van der Waals surface area contributed by atoms with E-state index in [1.54, 1.807) is 18.3 Å². The van der Waals surface area contributed by atoms with Crippen LogP contribution in [0, 0.1) is 5.82 Å². The van der Waals surface area contributed by atoms with Crippen molar-refractivity contribution < 1.29 is 13.9 Å². The minimum atomic E-state index is -0.390. The highest BCUT2D eigenvalue weighted by molar-refractivity contribution is 7.13. The lowest BCUT2D eigenvalue weighted by molar-refractivity contribution is 0.269. The number of nitrogens with one attached hydrogen (secondary N) is 1. The highest BCUT2D eigenvalue weighted by Gasteiger charge is 2.13. The lowest BCUT2D eigenvalue weighted by Crippen LogP contribution is -2.04. The molecule has 0 fully saturated rings. The van der Waals surface area contributed by atoms with E-state index in [0.717, 1.165) is 10.7 Å². The van der Waals surface area contributed by atoms with Crippen molar-refractivity contribution in [1.82, 2.24) is 4.98 Å². The molecule has 0 saturated carbocycles. The molecule has 1 N–H and O–H groups in total. The number of halogens is 3. The molecule has 8 heteroatoms. The predicted molar refractivity (Wildman–Crippen MR) is 108 cm³/mol. The minimum Gasteiger partial charge on any atom is -0.490 e. The molecular weight excluding hydrogens is 410 g/mol. The second kappa shape index (κ2) is 9.26. The Balaban J connectivity index is 1.76. The summed E-state index contributed by atoms with van der Waals surface area (Å²) in [5.41, 5.74) is 1.54. The maximum absolute atomic E-state index is 13.2. The van der Waals surface area contributed by atoms with Gasteiger partial charge >= 0.3 is 0 Å². The van der Waals surface area contributed by atoms with Crippen molar-refractivity contribution >= 4 is 39.7 Å². The number of nitrogens with zero attached hydrogens (tertiary/aromatic N) is 1. The van der Waals surface area contributed by atoms with Crippen molar-refractivity contribution in [2.75, 3.05) is 11.9 Å². The van der Waals surface area contributed by atoms with Gasteiger partial charge in [0.1, 0.15) is 12.4 Å². The Morgan fingerprint density at radius 1 is 1.07 bits per heavy atom. The Labute approximate surface area is 170 Å². The summed E-state index contributed by atoms with van der Waals surface area (Å²) in [5.74, 6) is 0.690. The third-order valence-corrected chi connectivity index (χ3v) is 5.11. The van der Waals surface area contributed by atoms with Crippen LogP contribution in [-0.4, -0.2) is 11.6 Å². The number of rotatable bonds is 8. The van der Waals surface area contributed by atoms with Crippen LogP contribution >= 0.6 is 34.5 Å². The Bertz CT molecular complexity index is 907. The van der Waals surface area contributed by atoms with E-state index in [-0.39, 0.29) is 12.4 Å². The van der Waals surface area contributed by atoms with E-state index in [9.17, 15) is 4.39 Å². The van der Waals surface area contributed by atoms with Crippen molar-refractivity contribution in [2.45, 2.75) is 20.1 Å². The van der Waals surface area contributed by atoms with Gasteiger partial charge in [0.15, 0.2) is 16.6 Å². The largest absolute Gasteiger partial charge is 0.490 e. The summed E-state index contributed by atoms with van der Waals surface area (Å²) >= 11 is 14.0. The lowest BCUT2D eigenvalue weighted by atomic mass is 10.2. The van der Waals surface area contributed by atoms with Crippen LogP contribution in [0.1, 0.15) is 18.1 Å². The summed E-state index contributed by atoms with van der Waals surface area (Å²) in [4.78, 5) is 4.18.